The summed E-state index contributed by atoms with van der Waals surface area (Å²) in [5.74, 6) is 0. The first-order valence-electron chi connectivity index (χ1n) is 11.9. The lowest BCUT2D eigenvalue weighted by molar-refractivity contribution is 0.124. The molecule has 2 atom stereocenters. The normalized spacial score (nSPS) is 35.0. The van der Waals surface area contributed by atoms with Crippen molar-refractivity contribution in [2.45, 2.75) is 103 Å². The van der Waals surface area contributed by atoms with Gasteiger partial charge in [-0.2, -0.15) is 0 Å². The van der Waals surface area contributed by atoms with E-state index >= 15 is 0 Å². The van der Waals surface area contributed by atoms with E-state index in [2.05, 4.69) is 47.0 Å². The summed E-state index contributed by atoms with van der Waals surface area (Å²) in [5.41, 5.74) is 0. The Morgan fingerprint density at radius 1 is 0.548 bits per heavy atom. The first-order chi connectivity index (χ1) is 14.4. The molecule has 1 aliphatic heterocycles. The molecule has 0 N–H and O–H groups in total. The van der Waals surface area contributed by atoms with E-state index in [-0.39, 0.29) is 0 Å². The van der Waals surface area contributed by atoms with Crippen molar-refractivity contribution in [3.05, 3.63) is 0 Å². The summed E-state index contributed by atoms with van der Waals surface area (Å²) in [4.78, 5) is 0. The van der Waals surface area contributed by atoms with Crippen LogP contribution in [0, 0.1) is 0 Å². The molecule has 0 aliphatic carbocycles. The summed E-state index contributed by atoms with van der Waals surface area (Å²) in [5, 5.41) is 0. The fraction of sp³-hybridized carbons (Fsp3) is 1.00. The molecule has 1 rings (SSSR count). The van der Waals surface area contributed by atoms with Crippen molar-refractivity contribution >= 4 is 43.0 Å². The third-order valence-electron chi connectivity index (χ3n) is 5.94. The van der Waals surface area contributed by atoms with Gasteiger partial charge in [0.15, 0.2) is 0 Å². The molecule has 2 unspecified atom stereocenters. The van der Waals surface area contributed by atoms with Gasteiger partial charge in [-0.15, -0.1) is 0 Å². The third-order valence-corrected chi connectivity index (χ3v) is 28.2. The van der Waals surface area contributed by atoms with Crippen LogP contribution in [0.4, 0.5) is 0 Å². The average molecular weight is 529 g/mol. The standard InChI is InChI=1S/C19H48O7Si5/c1-11-14-17-29(9)23-27(7,15-12-2)25-30(10,26-28(8,24-29)16-13-3)18-19-31(20-4,21-5)22-6/h11-19H2,1-10H3. The van der Waals surface area contributed by atoms with Gasteiger partial charge in [-0.1, -0.05) is 46.5 Å². The van der Waals surface area contributed by atoms with Gasteiger partial charge in [0.1, 0.15) is 0 Å². The monoisotopic (exact) mass is 528 g/mol. The van der Waals surface area contributed by atoms with Crippen LogP contribution in [-0.4, -0.2) is 64.4 Å². The summed E-state index contributed by atoms with van der Waals surface area (Å²) >= 11 is 0. The summed E-state index contributed by atoms with van der Waals surface area (Å²) in [6.07, 6.45) is 4.32. The fourth-order valence-electron chi connectivity index (χ4n) is 4.66. The maximum absolute atomic E-state index is 7.03. The summed E-state index contributed by atoms with van der Waals surface area (Å²) < 4.78 is 45.1. The maximum Gasteiger partial charge on any atom is 0.500 e. The maximum atomic E-state index is 7.03. The topological polar surface area (TPSA) is 64.6 Å². The van der Waals surface area contributed by atoms with Crippen LogP contribution in [0.15, 0.2) is 0 Å². The van der Waals surface area contributed by atoms with E-state index in [0.29, 0.717) is 6.04 Å². The van der Waals surface area contributed by atoms with Crippen LogP contribution in [0.1, 0.15) is 46.5 Å². The second-order valence-corrected chi connectivity index (χ2v) is 26.8. The molecule has 1 aliphatic rings. The highest BCUT2D eigenvalue weighted by atomic mass is 28.5. The molecule has 0 aromatic rings. The van der Waals surface area contributed by atoms with Crippen LogP contribution in [0.25, 0.3) is 0 Å². The molecule has 1 fully saturated rings. The second kappa shape index (κ2) is 12.5. The number of hydrogen-bond donors (Lipinski definition) is 0. The summed E-state index contributed by atoms with van der Waals surface area (Å²) in [7, 11) is -7.70. The Labute approximate surface area is 196 Å². The number of hydrogen-bond acceptors (Lipinski definition) is 7. The molecule has 7 nitrogen and oxygen atoms in total. The van der Waals surface area contributed by atoms with E-state index in [1.54, 1.807) is 21.3 Å². The Bertz CT molecular complexity index is 508. The van der Waals surface area contributed by atoms with Crippen molar-refractivity contribution < 1.29 is 29.7 Å². The first-order valence-corrected chi connectivity index (χ1v) is 23.9. The summed E-state index contributed by atoms with van der Waals surface area (Å²) in [6, 6.07) is 4.30. The van der Waals surface area contributed by atoms with Crippen molar-refractivity contribution in [2.75, 3.05) is 21.3 Å². The molecular weight excluding hydrogens is 481 g/mol. The first kappa shape index (κ1) is 29.8. The minimum absolute atomic E-state index is 0.664. The van der Waals surface area contributed by atoms with Gasteiger partial charge in [-0.25, -0.2) is 0 Å². The van der Waals surface area contributed by atoms with Crippen LogP contribution in [-0.2, 0) is 29.7 Å². The van der Waals surface area contributed by atoms with Crippen molar-refractivity contribution in [1.29, 1.82) is 0 Å². The minimum atomic E-state index is -2.72. The van der Waals surface area contributed by atoms with Crippen molar-refractivity contribution in [3.8, 4) is 0 Å². The van der Waals surface area contributed by atoms with Crippen molar-refractivity contribution in [1.82, 2.24) is 0 Å². The lowest BCUT2D eigenvalue weighted by atomic mass is 10.4. The van der Waals surface area contributed by atoms with Gasteiger partial charge in [0.05, 0.1) is 0 Å². The number of rotatable bonds is 13. The fourth-order valence-corrected chi connectivity index (χ4v) is 31.7. The van der Waals surface area contributed by atoms with Gasteiger partial charge in [-0.05, 0) is 50.4 Å². The Morgan fingerprint density at radius 2 is 0.903 bits per heavy atom. The Kier molecular flexibility index (Phi) is 12.0. The van der Waals surface area contributed by atoms with E-state index < -0.39 is 43.0 Å². The molecule has 12 heteroatoms. The van der Waals surface area contributed by atoms with Gasteiger partial charge in [-0.3, -0.25) is 0 Å². The highest BCUT2D eigenvalue weighted by molar-refractivity contribution is 6.94. The third kappa shape index (κ3) is 8.83. The predicted molar refractivity (Wildman–Crippen MR) is 137 cm³/mol. The van der Waals surface area contributed by atoms with Crippen LogP contribution in [0.3, 0.4) is 0 Å². The zero-order valence-electron chi connectivity index (χ0n) is 21.7. The van der Waals surface area contributed by atoms with Crippen LogP contribution < -0.4 is 0 Å². The van der Waals surface area contributed by atoms with Crippen molar-refractivity contribution in [2.24, 2.45) is 0 Å². The predicted octanol–water partition coefficient (Wildman–Crippen LogP) is 5.85. The van der Waals surface area contributed by atoms with Gasteiger partial charge >= 0.3 is 43.0 Å². The van der Waals surface area contributed by atoms with Crippen LogP contribution >= 0.6 is 0 Å². The lowest BCUT2D eigenvalue weighted by Crippen LogP contribution is -2.67. The molecule has 1 saturated heterocycles. The molecule has 0 amide bonds. The molecule has 0 aromatic carbocycles. The lowest BCUT2D eigenvalue weighted by Gasteiger charge is -2.50. The molecule has 0 bridgehead atoms. The highest BCUT2D eigenvalue weighted by Crippen LogP contribution is 2.39. The van der Waals surface area contributed by atoms with Crippen LogP contribution in [0.5, 0.6) is 0 Å². The summed E-state index contributed by atoms with van der Waals surface area (Å²) in [6.45, 7) is 15.5. The molecule has 1 heterocycles. The molecule has 186 valence electrons. The van der Waals surface area contributed by atoms with Crippen LogP contribution in [0.2, 0.25) is 56.4 Å². The SMILES string of the molecule is CCCC[Si]1(C)O[Si](C)(CCC)O[Si](C)(CC[Si](OC)(OC)OC)O[Si](C)(CCC)O1. The Balaban J connectivity index is 3.30. The largest absolute Gasteiger partial charge is 0.500 e. The molecule has 0 saturated carbocycles. The average Bonchev–Trinajstić information content (AvgIpc) is 2.66. The second-order valence-electron chi connectivity index (χ2n) is 9.34. The highest BCUT2D eigenvalue weighted by Gasteiger charge is 2.57. The Morgan fingerprint density at radius 3 is 1.23 bits per heavy atom. The zero-order chi connectivity index (χ0) is 23.8. The molecule has 0 radical (unpaired) electrons. The zero-order valence-corrected chi connectivity index (χ0v) is 26.7. The molecule has 31 heavy (non-hydrogen) atoms. The van der Waals surface area contributed by atoms with E-state index in [0.717, 1.165) is 49.9 Å². The van der Waals surface area contributed by atoms with Gasteiger partial charge in [0, 0.05) is 27.4 Å². The van der Waals surface area contributed by atoms with Crippen molar-refractivity contribution in [3.63, 3.8) is 0 Å². The molecule has 0 spiro atoms. The van der Waals surface area contributed by atoms with E-state index in [4.69, 9.17) is 29.7 Å². The minimum Gasteiger partial charge on any atom is -0.416 e. The van der Waals surface area contributed by atoms with E-state index in [1.807, 2.05) is 0 Å². The van der Waals surface area contributed by atoms with E-state index in [1.165, 1.54) is 0 Å². The number of unbranched alkanes of at least 4 members (excludes halogenated alkanes) is 1. The van der Waals surface area contributed by atoms with Gasteiger partial charge in [0.2, 0.25) is 0 Å². The van der Waals surface area contributed by atoms with Gasteiger partial charge in [0.25, 0.3) is 0 Å². The smallest absolute Gasteiger partial charge is 0.416 e. The quantitative estimate of drug-likeness (QED) is 0.278. The molecular formula is C19H48O7Si5. The molecule has 0 aromatic heterocycles. The van der Waals surface area contributed by atoms with E-state index in [9.17, 15) is 0 Å². The van der Waals surface area contributed by atoms with Gasteiger partial charge < -0.3 is 29.7 Å². The Hall–Kier alpha value is 0.804.